The van der Waals surface area contributed by atoms with Crippen LogP contribution in [0.2, 0.25) is 0 Å². The fraction of sp³-hybridized carbons (Fsp3) is 0.375. The molecule has 2 atom stereocenters. The lowest BCUT2D eigenvalue weighted by molar-refractivity contribution is -0.107. The second-order valence-electron chi connectivity index (χ2n) is 7.00. The number of ketones is 1. The van der Waals surface area contributed by atoms with Crippen molar-refractivity contribution < 1.29 is 18.5 Å². The summed E-state index contributed by atoms with van der Waals surface area (Å²) >= 11 is 13.0. The van der Waals surface area contributed by atoms with Gasteiger partial charge in [-0.05, 0) is 37.6 Å². The van der Waals surface area contributed by atoms with E-state index in [1.165, 1.54) is 0 Å². The first-order chi connectivity index (χ1) is 16.8. The molecule has 2 rings (SSSR count). The summed E-state index contributed by atoms with van der Waals surface area (Å²) in [5.41, 5.74) is 6.67. The Hall–Kier alpha value is -2.04. The summed E-state index contributed by atoms with van der Waals surface area (Å²) < 4.78 is 16.6. The maximum Gasteiger partial charge on any atom is 0.189 e. The second kappa shape index (κ2) is 17.4. The summed E-state index contributed by atoms with van der Waals surface area (Å²) in [6, 6.07) is 6.95. The normalized spacial score (nSPS) is 13.1. The van der Waals surface area contributed by atoms with Crippen LogP contribution in [0.25, 0.3) is 0 Å². The number of hydrogen-bond acceptors (Lipinski definition) is 8. The number of hydrogen-bond donors (Lipinski definition) is 2. The number of alkyl halides is 1. The number of Topliss-reactive ketones (excluding diaryl/α,β-unsaturated/α-hetero) is 1. The zero-order valence-corrected chi connectivity index (χ0v) is 23.1. The number of rotatable bonds is 13. The Morgan fingerprint density at radius 1 is 1.31 bits per heavy atom. The predicted molar refractivity (Wildman–Crippen MR) is 148 cm³/mol. The number of nitrogens with one attached hydrogen (secondary N) is 1. The lowest BCUT2D eigenvalue weighted by Gasteiger charge is -2.08. The molecule has 11 heteroatoms. The maximum atomic E-state index is 12.8. The zero-order chi connectivity index (χ0) is 26.2. The Labute approximate surface area is 223 Å². The van der Waals surface area contributed by atoms with Gasteiger partial charge in [0, 0.05) is 47.4 Å². The summed E-state index contributed by atoms with van der Waals surface area (Å²) in [4.78, 5) is 28.4. The van der Waals surface area contributed by atoms with E-state index in [9.17, 15) is 13.8 Å². The highest BCUT2D eigenvalue weighted by Crippen LogP contribution is 2.32. The van der Waals surface area contributed by atoms with Crippen molar-refractivity contribution in [3.8, 4) is 0 Å². The fourth-order valence-electron chi connectivity index (χ4n) is 2.49. The second-order valence-corrected chi connectivity index (χ2v) is 10.3. The van der Waals surface area contributed by atoms with Gasteiger partial charge in [0.05, 0.1) is 16.7 Å². The molecule has 0 saturated carbocycles. The average molecular weight is 561 g/mol. The van der Waals surface area contributed by atoms with Gasteiger partial charge in [0.25, 0.3) is 0 Å². The number of allylic oxidation sites excluding steroid dienone is 4. The number of carbonyl (C=O) groups is 2. The summed E-state index contributed by atoms with van der Waals surface area (Å²) in [7, 11) is 0.458. The van der Waals surface area contributed by atoms with Crippen molar-refractivity contribution in [3.63, 3.8) is 0 Å². The number of thiazole rings is 1. The Morgan fingerprint density at radius 2 is 1.97 bits per heavy atom. The van der Waals surface area contributed by atoms with Crippen LogP contribution in [0.5, 0.6) is 0 Å². The van der Waals surface area contributed by atoms with Crippen molar-refractivity contribution >= 4 is 74.0 Å². The zero-order valence-electron chi connectivity index (χ0n) is 20.0. The van der Waals surface area contributed by atoms with Crippen molar-refractivity contribution in [1.82, 2.24) is 4.98 Å². The molecule has 2 unspecified atom stereocenters. The van der Waals surface area contributed by atoms with Crippen molar-refractivity contribution in [2.24, 2.45) is 5.92 Å². The third-order valence-corrected chi connectivity index (χ3v) is 7.53. The van der Waals surface area contributed by atoms with E-state index in [-0.39, 0.29) is 18.0 Å². The topological polar surface area (TPSA) is 111 Å². The van der Waals surface area contributed by atoms with Crippen molar-refractivity contribution in [2.45, 2.75) is 31.6 Å². The fourth-order valence-corrected chi connectivity index (χ4v) is 4.72. The van der Waals surface area contributed by atoms with Gasteiger partial charge in [0.2, 0.25) is 0 Å². The summed E-state index contributed by atoms with van der Waals surface area (Å²) in [5.74, 6) is 0.118. The van der Waals surface area contributed by atoms with Crippen LogP contribution in [0.1, 0.15) is 36.4 Å². The molecule has 7 nitrogen and oxygen atoms in total. The summed E-state index contributed by atoms with van der Waals surface area (Å²) in [6.45, 7) is 4.50. The Kier molecular flexibility index (Phi) is 15.4. The van der Waals surface area contributed by atoms with E-state index >= 15 is 0 Å². The molecule has 192 valence electrons. The number of nitrogens with two attached hydrogens (primary N) is 1. The number of carbonyl (C=O) groups excluding carboxylic acids is 2. The SMILES string of the molecule is CC(C(=O)c1sc(Nc2ccc(S(=O)CCC=O)cc2)nc1N)/C(Cl)=C\C/C=C\CCl.CCOC. The van der Waals surface area contributed by atoms with E-state index < -0.39 is 16.7 Å². The Bertz CT molecular complexity index is 1020. The van der Waals surface area contributed by atoms with E-state index in [4.69, 9.17) is 28.9 Å². The minimum absolute atomic E-state index is 0.141. The van der Waals surface area contributed by atoms with E-state index in [1.807, 2.05) is 19.1 Å². The van der Waals surface area contributed by atoms with Crippen LogP contribution in [0.3, 0.4) is 0 Å². The molecule has 0 spiro atoms. The molecular formula is C24H31Cl2N3O4S2. The number of halogens is 2. The molecule has 0 aliphatic rings. The van der Waals surface area contributed by atoms with Gasteiger partial charge in [-0.15, -0.1) is 11.6 Å². The number of nitrogen functional groups attached to an aromatic ring is 1. The molecule has 2 aromatic rings. The third kappa shape index (κ3) is 11.0. The van der Waals surface area contributed by atoms with E-state index in [0.29, 0.717) is 43.7 Å². The number of anilines is 3. The summed E-state index contributed by atoms with van der Waals surface area (Å²) in [6.07, 6.45) is 7.04. The average Bonchev–Trinajstić information content (AvgIpc) is 3.24. The highest BCUT2D eigenvalue weighted by molar-refractivity contribution is 7.85. The van der Waals surface area contributed by atoms with Gasteiger partial charge in [0.15, 0.2) is 10.9 Å². The molecular weight excluding hydrogens is 529 g/mol. The van der Waals surface area contributed by atoms with Crippen LogP contribution in [-0.4, -0.2) is 46.6 Å². The molecule has 0 radical (unpaired) electrons. The predicted octanol–water partition coefficient (Wildman–Crippen LogP) is 5.94. The molecule has 0 saturated heterocycles. The number of methoxy groups -OCH3 is 1. The highest BCUT2D eigenvalue weighted by Gasteiger charge is 2.24. The molecule has 1 aromatic carbocycles. The number of ether oxygens (including phenoxy) is 1. The minimum atomic E-state index is -1.22. The smallest absolute Gasteiger partial charge is 0.189 e. The first-order valence-electron chi connectivity index (χ1n) is 10.8. The molecule has 3 N–H and O–H groups in total. The molecule has 1 heterocycles. The third-order valence-electron chi connectivity index (χ3n) is 4.47. The first kappa shape index (κ1) is 31.0. The van der Waals surface area contributed by atoms with Crippen LogP contribution < -0.4 is 11.1 Å². The van der Waals surface area contributed by atoms with Gasteiger partial charge in [0.1, 0.15) is 17.0 Å². The van der Waals surface area contributed by atoms with Crippen LogP contribution >= 0.6 is 34.5 Å². The van der Waals surface area contributed by atoms with E-state index in [1.54, 1.807) is 44.4 Å². The van der Waals surface area contributed by atoms with E-state index in [2.05, 4.69) is 15.0 Å². The lowest BCUT2D eigenvalue weighted by Crippen LogP contribution is -2.12. The lowest BCUT2D eigenvalue weighted by atomic mass is 10.0. The largest absolute Gasteiger partial charge is 0.385 e. The van der Waals surface area contributed by atoms with Crippen LogP contribution in [-0.2, 0) is 20.3 Å². The molecule has 0 aliphatic carbocycles. The summed E-state index contributed by atoms with van der Waals surface area (Å²) in [5, 5.41) is 4.00. The van der Waals surface area contributed by atoms with Gasteiger partial charge in [-0.25, -0.2) is 4.98 Å². The molecule has 35 heavy (non-hydrogen) atoms. The standard InChI is InChI=1S/C21H23Cl2N3O3S2.C3H8O/c1-14(17(23)6-3-2-4-11-22)18(28)19-20(24)26-21(30-19)25-15-7-9-16(10-8-15)31(29)13-5-12-27;1-3-4-2/h2,4,6-10,12,14H,3,5,11,13,24H2,1H3,(H,25,26);3H2,1-2H3/b4-2-,17-6+;. The molecule has 0 amide bonds. The monoisotopic (exact) mass is 559 g/mol. The van der Waals surface area contributed by atoms with Crippen LogP contribution in [0, 0.1) is 5.92 Å². The quantitative estimate of drug-likeness (QED) is 0.135. The van der Waals surface area contributed by atoms with Crippen LogP contribution in [0.4, 0.5) is 16.6 Å². The van der Waals surface area contributed by atoms with E-state index in [0.717, 1.165) is 24.2 Å². The van der Waals surface area contributed by atoms with Gasteiger partial charge >= 0.3 is 0 Å². The van der Waals surface area contributed by atoms with Gasteiger partial charge in [-0.1, -0.05) is 48.1 Å². The minimum Gasteiger partial charge on any atom is -0.385 e. The van der Waals surface area contributed by atoms with Gasteiger partial charge in [-0.2, -0.15) is 0 Å². The van der Waals surface area contributed by atoms with Crippen molar-refractivity contribution in [3.05, 3.63) is 52.4 Å². The number of nitrogens with zero attached hydrogens (tertiary/aromatic N) is 1. The highest BCUT2D eigenvalue weighted by atomic mass is 35.5. The Morgan fingerprint density at radius 3 is 2.54 bits per heavy atom. The Balaban J connectivity index is 0.00000142. The van der Waals surface area contributed by atoms with Crippen molar-refractivity contribution in [2.75, 3.05) is 36.4 Å². The first-order valence-corrected chi connectivity index (χ1v) is 13.9. The molecule has 1 aromatic heterocycles. The number of aldehydes is 1. The molecule has 0 bridgehead atoms. The maximum absolute atomic E-state index is 12.8. The van der Waals surface area contributed by atoms with Gasteiger partial charge < -0.3 is 20.6 Å². The van der Waals surface area contributed by atoms with Crippen molar-refractivity contribution in [1.29, 1.82) is 0 Å². The van der Waals surface area contributed by atoms with Gasteiger partial charge in [-0.3, -0.25) is 9.00 Å². The molecule has 0 aliphatic heterocycles. The van der Waals surface area contributed by atoms with Crippen LogP contribution in [0.15, 0.2) is 52.4 Å². The number of benzene rings is 1. The molecule has 0 fully saturated rings. The number of aromatic nitrogens is 1.